The van der Waals surface area contributed by atoms with Crippen molar-refractivity contribution in [3.63, 3.8) is 0 Å². The lowest BCUT2D eigenvalue weighted by Gasteiger charge is -2.13. The third-order valence-electron chi connectivity index (χ3n) is 3.85. The highest BCUT2D eigenvalue weighted by molar-refractivity contribution is 9.10. The Morgan fingerprint density at radius 3 is 2.88 bits per heavy atom. The molecule has 0 spiro atoms. The van der Waals surface area contributed by atoms with Crippen molar-refractivity contribution < 1.29 is 4.42 Å². The van der Waals surface area contributed by atoms with Crippen molar-refractivity contribution in [2.75, 3.05) is 12.4 Å². The molecule has 0 saturated heterocycles. The van der Waals surface area contributed by atoms with Crippen LogP contribution in [0.5, 0.6) is 0 Å². The smallest absolute Gasteiger partial charge is 0.354 e. The molecule has 120 valence electrons. The SMILES string of the molecule is CNc1nc(=O)n(-c2cccc(Br)c2)c2cc(Cl)c3ccoc3c12. The van der Waals surface area contributed by atoms with Crippen molar-refractivity contribution in [2.24, 2.45) is 0 Å². The normalized spacial score (nSPS) is 11.3. The van der Waals surface area contributed by atoms with E-state index < -0.39 is 5.69 Å². The molecule has 7 heteroatoms. The molecule has 0 aliphatic rings. The van der Waals surface area contributed by atoms with Crippen LogP contribution in [0.2, 0.25) is 5.02 Å². The first kappa shape index (κ1) is 15.2. The van der Waals surface area contributed by atoms with Crippen molar-refractivity contribution in [3.8, 4) is 5.69 Å². The van der Waals surface area contributed by atoms with Gasteiger partial charge in [0.15, 0.2) is 0 Å². The number of hydrogen-bond donors (Lipinski definition) is 1. The molecule has 4 rings (SSSR count). The van der Waals surface area contributed by atoms with Gasteiger partial charge >= 0.3 is 5.69 Å². The van der Waals surface area contributed by atoms with Crippen LogP contribution in [0.4, 0.5) is 5.82 Å². The summed E-state index contributed by atoms with van der Waals surface area (Å²) in [4.78, 5) is 16.8. The molecule has 0 amide bonds. The van der Waals surface area contributed by atoms with Crippen LogP contribution in [0.15, 0.2) is 56.3 Å². The van der Waals surface area contributed by atoms with Gasteiger partial charge < -0.3 is 9.73 Å². The van der Waals surface area contributed by atoms with Crippen molar-refractivity contribution in [3.05, 3.63) is 62.6 Å². The van der Waals surface area contributed by atoms with Gasteiger partial charge in [-0.15, -0.1) is 0 Å². The van der Waals surface area contributed by atoms with E-state index in [0.717, 1.165) is 9.86 Å². The molecule has 5 nitrogen and oxygen atoms in total. The van der Waals surface area contributed by atoms with Gasteiger partial charge in [-0.2, -0.15) is 4.98 Å². The van der Waals surface area contributed by atoms with Crippen LogP contribution >= 0.6 is 27.5 Å². The molecule has 1 N–H and O–H groups in total. The maximum Gasteiger partial charge on any atom is 0.354 e. The minimum Gasteiger partial charge on any atom is -0.463 e. The van der Waals surface area contributed by atoms with Crippen LogP contribution in [0, 0.1) is 0 Å². The van der Waals surface area contributed by atoms with E-state index >= 15 is 0 Å². The predicted molar refractivity (Wildman–Crippen MR) is 99.4 cm³/mol. The third kappa shape index (κ3) is 2.22. The van der Waals surface area contributed by atoms with Gasteiger partial charge in [-0.05, 0) is 30.3 Å². The Morgan fingerprint density at radius 1 is 1.29 bits per heavy atom. The molecule has 0 atom stereocenters. The summed E-state index contributed by atoms with van der Waals surface area (Å²) < 4.78 is 8.01. The summed E-state index contributed by atoms with van der Waals surface area (Å²) in [6, 6.07) is 11.0. The molecule has 0 saturated carbocycles. The second kappa shape index (κ2) is 5.65. The van der Waals surface area contributed by atoms with E-state index in [1.165, 1.54) is 4.57 Å². The van der Waals surface area contributed by atoms with Crippen molar-refractivity contribution in [1.29, 1.82) is 0 Å². The van der Waals surface area contributed by atoms with Gasteiger partial charge in [-0.3, -0.25) is 4.57 Å². The average Bonchev–Trinajstić information content (AvgIpc) is 3.04. The molecule has 24 heavy (non-hydrogen) atoms. The maximum absolute atomic E-state index is 12.6. The van der Waals surface area contributed by atoms with Crippen LogP contribution in [0.1, 0.15) is 0 Å². The maximum atomic E-state index is 12.6. The number of aromatic nitrogens is 2. The Morgan fingerprint density at radius 2 is 2.12 bits per heavy atom. The highest BCUT2D eigenvalue weighted by Gasteiger charge is 2.18. The lowest BCUT2D eigenvalue weighted by molar-refractivity contribution is 0.619. The van der Waals surface area contributed by atoms with Crippen LogP contribution in [-0.2, 0) is 0 Å². The molecule has 0 aliphatic heterocycles. The largest absolute Gasteiger partial charge is 0.463 e. The lowest BCUT2D eigenvalue weighted by Crippen LogP contribution is -2.23. The monoisotopic (exact) mass is 403 g/mol. The topological polar surface area (TPSA) is 60.1 Å². The van der Waals surface area contributed by atoms with E-state index in [9.17, 15) is 4.79 Å². The summed E-state index contributed by atoms with van der Waals surface area (Å²) in [6.07, 6.45) is 1.57. The first-order valence-corrected chi connectivity index (χ1v) is 8.33. The van der Waals surface area contributed by atoms with E-state index in [0.29, 0.717) is 33.0 Å². The zero-order valence-corrected chi connectivity index (χ0v) is 14.9. The second-order valence-electron chi connectivity index (χ2n) is 5.22. The molecule has 2 aromatic heterocycles. The highest BCUT2D eigenvalue weighted by Crippen LogP contribution is 2.35. The summed E-state index contributed by atoms with van der Waals surface area (Å²) in [7, 11) is 1.72. The van der Waals surface area contributed by atoms with Gasteiger partial charge in [0.25, 0.3) is 0 Å². The Bertz CT molecular complexity index is 1150. The number of fused-ring (bicyclic) bond motifs is 3. The number of nitrogens with zero attached hydrogens (tertiary/aromatic N) is 2. The highest BCUT2D eigenvalue weighted by atomic mass is 79.9. The van der Waals surface area contributed by atoms with Crippen LogP contribution in [-0.4, -0.2) is 16.6 Å². The quantitative estimate of drug-likeness (QED) is 0.531. The van der Waals surface area contributed by atoms with Crippen LogP contribution in [0.25, 0.3) is 27.6 Å². The van der Waals surface area contributed by atoms with Crippen LogP contribution in [0.3, 0.4) is 0 Å². The Labute approximate surface area is 150 Å². The van der Waals surface area contributed by atoms with E-state index in [1.807, 2.05) is 24.3 Å². The lowest BCUT2D eigenvalue weighted by atomic mass is 10.1. The summed E-state index contributed by atoms with van der Waals surface area (Å²) in [6.45, 7) is 0. The van der Waals surface area contributed by atoms with E-state index in [2.05, 4.69) is 26.2 Å². The zero-order chi connectivity index (χ0) is 16.8. The number of anilines is 1. The molecule has 0 unspecified atom stereocenters. The van der Waals surface area contributed by atoms with Gasteiger partial charge in [0.1, 0.15) is 11.4 Å². The second-order valence-corrected chi connectivity index (χ2v) is 6.55. The molecule has 0 bridgehead atoms. The standard InChI is InChI=1S/C17H11BrClN3O2/c1-20-16-14-13(8-12(19)11-5-6-24-15(11)14)22(17(23)21-16)10-4-2-3-9(18)7-10/h2-8H,1H3,(H,20,21,23). The Hall–Kier alpha value is -2.31. The predicted octanol–water partition coefficient (Wildman–Crippen LogP) is 4.59. The number of hydrogen-bond acceptors (Lipinski definition) is 4. The number of rotatable bonds is 2. The van der Waals surface area contributed by atoms with E-state index in [-0.39, 0.29) is 0 Å². The zero-order valence-electron chi connectivity index (χ0n) is 12.5. The summed E-state index contributed by atoms with van der Waals surface area (Å²) >= 11 is 9.82. The van der Waals surface area contributed by atoms with Crippen LogP contribution < -0.4 is 11.0 Å². The molecule has 2 heterocycles. The molecule has 0 aliphatic carbocycles. The fourth-order valence-corrected chi connectivity index (χ4v) is 3.47. The Kier molecular flexibility index (Phi) is 3.58. The number of halogens is 2. The van der Waals surface area contributed by atoms with E-state index in [1.54, 1.807) is 25.4 Å². The summed E-state index contributed by atoms with van der Waals surface area (Å²) in [5.41, 5.74) is 1.52. The molecule has 0 radical (unpaired) electrons. The van der Waals surface area contributed by atoms with Gasteiger partial charge in [-0.25, -0.2) is 4.79 Å². The third-order valence-corrected chi connectivity index (χ3v) is 4.65. The summed E-state index contributed by atoms with van der Waals surface area (Å²) in [5.74, 6) is 0.456. The molecular weight excluding hydrogens is 394 g/mol. The molecule has 2 aromatic carbocycles. The fourth-order valence-electron chi connectivity index (χ4n) is 2.83. The van der Waals surface area contributed by atoms with Gasteiger partial charge in [0.2, 0.25) is 0 Å². The molecule has 4 aromatic rings. The minimum atomic E-state index is -0.396. The summed E-state index contributed by atoms with van der Waals surface area (Å²) in [5, 5.41) is 4.97. The van der Waals surface area contributed by atoms with Crippen molar-refractivity contribution >= 4 is 55.2 Å². The number of nitrogens with one attached hydrogen (secondary N) is 1. The van der Waals surface area contributed by atoms with Crippen molar-refractivity contribution in [1.82, 2.24) is 9.55 Å². The number of furan rings is 1. The van der Waals surface area contributed by atoms with Gasteiger partial charge in [-0.1, -0.05) is 33.6 Å². The Balaban J connectivity index is 2.24. The minimum absolute atomic E-state index is 0.396. The first-order valence-electron chi connectivity index (χ1n) is 7.16. The first-order chi connectivity index (χ1) is 11.6. The van der Waals surface area contributed by atoms with E-state index in [4.69, 9.17) is 16.0 Å². The molecule has 0 fully saturated rings. The van der Waals surface area contributed by atoms with Crippen molar-refractivity contribution in [2.45, 2.75) is 0 Å². The molecular formula is C17H11BrClN3O2. The van der Waals surface area contributed by atoms with Gasteiger partial charge in [0.05, 0.1) is 27.9 Å². The average molecular weight is 405 g/mol. The fraction of sp³-hybridized carbons (Fsp3) is 0.0588. The number of benzene rings is 2. The van der Waals surface area contributed by atoms with Gasteiger partial charge in [0, 0.05) is 16.9 Å².